The van der Waals surface area contributed by atoms with Gasteiger partial charge in [-0.15, -0.1) is 0 Å². The minimum absolute atomic E-state index is 0.0724. The van der Waals surface area contributed by atoms with Crippen LogP contribution in [0.25, 0.3) is 0 Å². The van der Waals surface area contributed by atoms with Crippen LogP contribution in [-0.2, 0) is 0 Å². The van der Waals surface area contributed by atoms with E-state index in [9.17, 15) is 9.18 Å². The highest BCUT2D eigenvalue weighted by atomic mass is 19.1. The van der Waals surface area contributed by atoms with Gasteiger partial charge in [0, 0.05) is 12.2 Å². The number of hydrogen-bond donors (Lipinski definition) is 1. The molecule has 1 aliphatic rings. The summed E-state index contributed by atoms with van der Waals surface area (Å²) in [6, 6.07) is 14.0. The van der Waals surface area contributed by atoms with Crippen LogP contribution >= 0.6 is 0 Å². The van der Waals surface area contributed by atoms with E-state index < -0.39 is 5.82 Å². The maximum Gasteiger partial charge on any atom is 0.256 e. The summed E-state index contributed by atoms with van der Waals surface area (Å²) in [6.45, 7) is 0.704. The second-order valence-electron chi connectivity index (χ2n) is 5.30. The summed E-state index contributed by atoms with van der Waals surface area (Å²) >= 11 is 0. The Bertz CT molecular complexity index is 657. The monoisotopic (exact) mass is 284 g/mol. The molecule has 2 aromatic carbocycles. The average molecular weight is 284 g/mol. The largest absolute Gasteiger partial charge is 0.398 e. The third-order valence-corrected chi connectivity index (χ3v) is 3.94. The molecule has 1 unspecified atom stereocenters. The van der Waals surface area contributed by atoms with Crippen LogP contribution in [-0.4, -0.2) is 17.4 Å². The molecule has 2 aromatic rings. The van der Waals surface area contributed by atoms with Gasteiger partial charge in [0.2, 0.25) is 0 Å². The molecule has 1 aliphatic heterocycles. The summed E-state index contributed by atoms with van der Waals surface area (Å²) in [6.07, 6.45) is 1.91. The fourth-order valence-corrected chi connectivity index (χ4v) is 2.91. The van der Waals surface area contributed by atoms with Crippen LogP contribution in [0.5, 0.6) is 0 Å². The summed E-state index contributed by atoms with van der Waals surface area (Å²) in [7, 11) is 0. The number of amides is 1. The lowest BCUT2D eigenvalue weighted by Gasteiger charge is -2.25. The number of nitrogen functional groups attached to an aromatic ring is 1. The first-order chi connectivity index (χ1) is 10.2. The van der Waals surface area contributed by atoms with Crippen LogP contribution in [0, 0.1) is 5.82 Å². The molecule has 0 radical (unpaired) electrons. The highest BCUT2D eigenvalue weighted by Crippen LogP contribution is 2.33. The minimum atomic E-state index is -0.426. The van der Waals surface area contributed by atoms with Gasteiger partial charge in [-0.25, -0.2) is 4.39 Å². The molecule has 4 heteroatoms. The smallest absolute Gasteiger partial charge is 0.256 e. The number of rotatable bonds is 2. The molecule has 108 valence electrons. The Morgan fingerprint density at radius 3 is 2.67 bits per heavy atom. The Hall–Kier alpha value is -2.36. The number of likely N-dealkylation sites (tertiary alicyclic amines) is 1. The summed E-state index contributed by atoms with van der Waals surface area (Å²) in [5.41, 5.74) is 7.48. The van der Waals surface area contributed by atoms with Crippen molar-refractivity contribution < 1.29 is 9.18 Å². The highest BCUT2D eigenvalue weighted by Gasteiger charge is 2.31. The lowest BCUT2D eigenvalue weighted by Crippen LogP contribution is -2.31. The molecule has 1 amide bonds. The topological polar surface area (TPSA) is 46.3 Å². The van der Waals surface area contributed by atoms with Crippen LogP contribution in [0.2, 0.25) is 0 Å². The molecule has 1 heterocycles. The van der Waals surface area contributed by atoms with Crippen LogP contribution in [0.4, 0.5) is 10.1 Å². The fraction of sp³-hybridized carbons (Fsp3) is 0.235. The second kappa shape index (κ2) is 5.56. The van der Waals surface area contributed by atoms with Crippen LogP contribution in [0.3, 0.4) is 0 Å². The van der Waals surface area contributed by atoms with Gasteiger partial charge in [0.25, 0.3) is 5.91 Å². The third kappa shape index (κ3) is 2.61. The molecule has 0 aliphatic carbocycles. The molecule has 1 saturated heterocycles. The fourth-order valence-electron chi connectivity index (χ4n) is 2.91. The van der Waals surface area contributed by atoms with Crippen molar-refractivity contribution in [2.24, 2.45) is 0 Å². The van der Waals surface area contributed by atoms with E-state index in [4.69, 9.17) is 5.73 Å². The predicted octanol–water partition coefficient (Wildman–Crippen LogP) is 3.39. The first-order valence-electron chi connectivity index (χ1n) is 7.08. The number of nitrogens with two attached hydrogens (primary N) is 1. The Balaban J connectivity index is 1.90. The van der Waals surface area contributed by atoms with E-state index in [2.05, 4.69) is 0 Å². The molecule has 0 bridgehead atoms. The van der Waals surface area contributed by atoms with Gasteiger partial charge in [0.1, 0.15) is 5.82 Å². The molecule has 0 saturated carbocycles. The predicted molar refractivity (Wildman–Crippen MR) is 80.3 cm³/mol. The average Bonchev–Trinajstić information content (AvgIpc) is 2.97. The van der Waals surface area contributed by atoms with Gasteiger partial charge >= 0.3 is 0 Å². The summed E-state index contributed by atoms with van der Waals surface area (Å²) in [4.78, 5) is 14.5. The third-order valence-electron chi connectivity index (χ3n) is 3.94. The molecule has 0 spiro atoms. The molecular weight excluding hydrogens is 267 g/mol. The lowest BCUT2D eigenvalue weighted by atomic mass is 10.0. The number of carbonyl (C=O) groups excluding carboxylic acids is 1. The Morgan fingerprint density at radius 1 is 1.19 bits per heavy atom. The maximum absolute atomic E-state index is 13.1. The van der Waals surface area contributed by atoms with Gasteiger partial charge in [0.15, 0.2) is 0 Å². The van der Waals surface area contributed by atoms with Gasteiger partial charge in [-0.3, -0.25) is 4.79 Å². The van der Waals surface area contributed by atoms with Crippen molar-refractivity contribution in [2.75, 3.05) is 12.3 Å². The summed E-state index contributed by atoms with van der Waals surface area (Å²) < 4.78 is 13.1. The first kappa shape index (κ1) is 13.6. The van der Waals surface area contributed by atoms with Crippen LogP contribution in [0.1, 0.15) is 34.8 Å². The first-order valence-corrected chi connectivity index (χ1v) is 7.08. The number of carbonyl (C=O) groups is 1. The molecule has 21 heavy (non-hydrogen) atoms. The Morgan fingerprint density at radius 2 is 1.95 bits per heavy atom. The van der Waals surface area contributed by atoms with Crippen LogP contribution < -0.4 is 5.73 Å². The summed E-state index contributed by atoms with van der Waals surface area (Å²) in [5.74, 6) is -0.552. The minimum Gasteiger partial charge on any atom is -0.398 e. The molecule has 0 aromatic heterocycles. The van der Waals surface area contributed by atoms with Crippen molar-refractivity contribution >= 4 is 11.6 Å². The molecule has 1 fully saturated rings. The van der Waals surface area contributed by atoms with E-state index in [0.717, 1.165) is 18.4 Å². The Kier molecular flexibility index (Phi) is 3.60. The van der Waals surface area contributed by atoms with Crippen molar-refractivity contribution in [3.05, 3.63) is 65.5 Å². The number of benzene rings is 2. The van der Waals surface area contributed by atoms with Crippen molar-refractivity contribution in [3.63, 3.8) is 0 Å². The zero-order valence-corrected chi connectivity index (χ0v) is 11.6. The quantitative estimate of drug-likeness (QED) is 0.859. The van der Waals surface area contributed by atoms with E-state index in [1.54, 1.807) is 0 Å². The van der Waals surface area contributed by atoms with Crippen molar-refractivity contribution in [2.45, 2.75) is 18.9 Å². The highest BCUT2D eigenvalue weighted by molar-refractivity contribution is 5.99. The summed E-state index contributed by atoms with van der Waals surface area (Å²) in [5, 5.41) is 0. The second-order valence-corrected chi connectivity index (χ2v) is 5.30. The molecular formula is C17H17FN2O. The Labute approximate surface area is 123 Å². The molecule has 2 N–H and O–H groups in total. The molecule has 1 atom stereocenters. The van der Waals surface area contributed by atoms with Crippen molar-refractivity contribution in [1.82, 2.24) is 4.90 Å². The zero-order valence-electron chi connectivity index (χ0n) is 11.6. The van der Waals surface area contributed by atoms with E-state index in [1.807, 2.05) is 35.2 Å². The zero-order chi connectivity index (χ0) is 14.8. The molecule has 3 rings (SSSR count). The van der Waals surface area contributed by atoms with Gasteiger partial charge in [-0.2, -0.15) is 0 Å². The van der Waals surface area contributed by atoms with Gasteiger partial charge in [0.05, 0.1) is 11.6 Å². The number of nitrogens with zero attached hydrogens (tertiary/aromatic N) is 1. The van der Waals surface area contributed by atoms with Crippen molar-refractivity contribution in [3.8, 4) is 0 Å². The van der Waals surface area contributed by atoms with Crippen molar-refractivity contribution in [1.29, 1.82) is 0 Å². The number of anilines is 1. The standard InChI is InChI=1S/C17H17FN2O/c18-13-8-9-14(15(19)11-13)17(21)20-10-4-7-16(20)12-5-2-1-3-6-12/h1-3,5-6,8-9,11,16H,4,7,10,19H2. The SMILES string of the molecule is Nc1cc(F)ccc1C(=O)N1CCCC1c1ccccc1. The van der Waals surface area contributed by atoms with E-state index >= 15 is 0 Å². The normalized spacial score (nSPS) is 18.0. The van der Waals surface area contributed by atoms with Gasteiger partial charge in [-0.05, 0) is 36.6 Å². The number of halogens is 1. The lowest BCUT2D eigenvalue weighted by molar-refractivity contribution is 0.0736. The number of hydrogen-bond acceptors (Lipinski definition) is 2. The van der Waals surface area contributed by atoms with Gasteiger partial charge < -0.3 is 10.6 Å². The van der Waals surface area contributed by atoms with E-state index in [0.29, 0.717) is 12.1 Å². The maximum atomic E-state index is 13.1. The van der Waals surface area contributed by atoms with E-state index in [-0.39, 0.29) is 17.6 Å². The van der Waals surface area contributed by atoms with Crippen LogP contribution in [0.15, 0.2) is 48.5 Å². The van der Waals surface area contributed by atoms with E-state index in [1.165, 1.54) is 18.2 Å². The van der Waals surface area contributed by atoms with Gasteiger partial charge in [-0.1, -0.05) is 30.3 Å². The molecule has 3 nitrogen and oxygen atoms in total.